The average Bonchev–Trinajstić information content (AvgIpc) is 2.65. The van der Waals surface area contributed by atoms with Crippen molar-refractivity contribution in [1.29, 1.82) is 0 Å². The summed E-state index contributed by atoms with van der Waals surface area (Å²) in [6.45, 7) is 3.96. The average molecular weight is 350 g/mol. The van der Waals surface area contributed by atoms with E-state index in [-0.39, 0.29) is 5.91 Å². The van der Waals surface area contributed by atoms with Crippen LogP contribution in [-0.2, 0) is 6.54 Å². The Morgan fingerprint density at radius 2 is 1.92 bits per heavy atom. The van der Waals surface area contributed by atoms with Crippen molar-refractivity contribution in [2.75, 3.05) is 7.11 Å². The van der Waals surface area contributed by atoms with Crippen molar-refractivity contribution < 1.29 is 14.6 Å². The van der Waals surface area contributed by atoms with E-state index < -0.39 is 6.10 Å². The lowest BCUT2D eigenvalue weighted by Gasteiger charge is -2.10. The van der Waals surface area contributed by atoms with Crippen molar-refractivity contribution >= 4 is 16.8 Å². The smallest absolute Gasteiger partial charge is 0.253 e. The molecule has 0 saturated heterocycles. The molecule has 3 rings (SSSR count). The topological polar surface area (TPSA) is 71.5 Å². The van der Waals surface area contributed by atoms with E-state index in [2.05, 4.69) is 10.3 Å². The molecule has 0 aliphatic heterocycles. The second kappa shape index (κ2) is 7.54. The van der Waals surface area contributed by atoms with Crippen molar-refractivity contribution in [2.45, 2.75) is 26.5 Å². The van der Waals surface area contributed by atoms with E-state index in [0.717, 1.165) is 27.8 Å². The van der Waals surface area contributed by atoms with Crippen molar-refractivity contribution in [2.24, 2.45) is 0 Å². The molecule has 0 bridgehead atoms. The lowest BCUT2D eigenvalue weighted by atomic mass is 10.1. The molecule has 0 saturated carbocycles. The minimum absolute atomic E-state index is 0.167. The fourth-order valence-electron chi connectivity index (χ4n) is 2.80. The number of aliphatic hydroxyl groups is 1. The highest BCUT2D eigenvalue weighted by atomic mass is 16.5. The van der Waals surface area contributed by atoms with Crippen molar-refractivity contribution in [3.63, 3.8) is 0 Å². The molecule has 5 heteroatoms. The molecule has 0 aliphatic rings. The summed E-state index contributed by atoms with van der Waals surface area (Å²) >= 11 is 0. The molecule has 0 fully saturated rings. The highest BCUT2D eigenvalue weighted by Crippen LogP contribution is 2.22. The Balaban J connectivity index is 1.77. The number of carbonyl (C=O) groups is 1. The van der Waals surface area contributed by atoms with E-state index in [1.807, 2.05) is 55.5 Å². The second-order valence-corrected chi connectivity index (χ2v) is 6.28. The fourth-order valence-corrected chi connectivity index (χ4v) is 2.80. The number of aliphatic hydroxyl groups excluding tert-OH is 1. The number of aryl methyl sites for hydroxylation is 1. The van der Waals surface area contributed by atoms with Crippen LogP contribution in [0.5, 0.6) is 5.75 Å². The van der Waals surface area contributed by atoms with Crippen LogP contribution in [0.15, 0.2) is 48.5 Å². The van der Waals surface area contributed by atoms with E-state index >= 15 is 0 Å². The summed E-state index contributed by atoms with van der Waals surface area (Å²) < 4.78 is 5.24. The number of nitrogens with zero attached hydrogens (tertiary/aromatic N) is 1. The Morgan fingerprint density at radius 3 is 2.58 bits per heavy atom. The third-order valence-corrected chi connectivity index (χ3v) is 4.37. The number of fused-ring (bicyclic) bond motifs is 1. The first kappa shape index (κ1) is 17.9. The molecule has 3 aromatic rings. The summed E-state index contributed by atoms with van der Waals surface area (Å²) in [6.07, 6.45) is -0.498. The van der Waals surface area contributed by atoms with Gasteiger partial charge in [0.15, 0.2) is 0 Å². The monoisotopic (exact) mass is 350 g/mol. The number of hydrogen-bond acceptors (Lipinski definition) is 4. The minimum Gasteiger partial charge on any atom is -0.497 e. The molecule has 26 heavy (non-hydrogen) atoms. The molecule has 2 aromatic carbocycles. The van der Waals surface area contributed by atoms with Crippen LogP contribution in [0.3, 0.4) is 0 Å². The lowest BCUT2D eigenvalue weighted by molar-refractivity contribution is 0.0950. The van der Waals surface area contributed by atoms with Crippen LogP contribution in [0.25, 0.3) is 10.9 Å². The maximum Gasteiger partial charge on any atom is 0.253 e. The second-order valence-electron chi connectivity index (χ2n) is 6.28. The predicted octanol–water partition coefficient (Wildman–Crippen LogP) is 3.54. The molecule has 2 N–H and O–H groups in total. The van der Waals surface area contributed by atoms with Crippen LogP contribution in [0.4, 0.5) is 0 Å². The standard InChI is InChI=1S/C21H22N2O3/c1-13-19(11-17-10-18(26-3)8-9-20(17)23-13)21(25)22-12-15-4-6-16(7-5-15)14(2)24/h4-11,14,24H,12H2,1-3H3,(H,22,25). The fraction of sp³-hybridized carbons (Fsp3) is 0.238. The molecule has 5 nitrogen and oxygen atoms in total. The molecule has 1 aromatic heterocycles. The first-order chi connectivity index (χ1) is 12.5. The van der Waals surface area contributed by atoms with E-state index in [1.54, 1.807) is 14.0 Å². The summed E-state index contributed by atoms with van der Waals surface area (Å²) in [5.41, 5.74) is 3.88. The van der Waals surface area contributed by atoms with Gasteiger partial charge >= 0.3 is 0 Å². The van der Waals surface area contributed by atoms with Crippen LogP contribution in [0.1, 0.15) is 40.2 Å². The largest absolute Gasteiger partial charge is 0.497 e. The molecular formula is C21H22N2O3. The minimum atomic E-state index is -0.498. The van der Waals surface area contributed by atoms with Gasteiger partial charge in [-0.25, -0.2) is 0 Å². The normalized spacial score (nSPS) is 12.0. The quantitative estimate of drug-likeness (QED) is 0.738. The summed E-state index contributed by atoms with van der Waals surface area (Å²) in [7, 11) is 1.61. The van der Waals surface area contributed by atoms with Gasteiger partial charge in [-0.1, -0.05) is 24.3 Å². The van der Waals surface area contributed by atoms with Crippen LogP contribution >= 0.6 is 0 Å². The zero-order chi connectivity index (χ0) is 18.7. The summed E-state index contributed by atoms with van der Waals surface area (Å²) in [5, 5.41) is 13.3. The molecule has 1 atom stereocenters. The van der Waals surface area contributed by atoms with Gasteiger partial charge < -0.3 is 15.2 Å². The van der Waals surface area contributed by atoms with Crippen LogP contribution in [0, 0.1) is 6.92 Å². The van der Waals surface area contributed by atoms with Crippen LogP contribution in [-0.4, -0.2) is 23.1 Å². The summed E-state index contributed by atoms with van der Waals surface area (Å²) in [5.74, 6) is 0.562. The van der Waals surface area contributed by atoms with Gasteiger partial charge in [0.2, 0.25) is 0 Å². The number of hydrogen-bond donors (Lipinski definition) is 2. The van der Waals surface area contributed by atoms with E-state index in [0.29, 0.717) is 17.8 Å². The molecular weight excluding hydrogens is 328 g/mol. The Hall–Kier alpha value is -2.92. The number of amides is 1. The summed E-state index contributed by atoms with van der Waals surface area (Å²) in [6, 6.07) is 15.0. The summed E-state index contributed by atoms with van der Waals surface area (Å²) in [4.78, 5) is 17.1. The molecule has 1 heterocycles. The first-order valence-electron chi connectivity index (χ1n) is 8.48. The number of nitrogens with one attached hydrogen (secondary N) is 1. The van der Waals surface area contributed by atoms with Gasteiger partial charge in [0, 0.05) is 11.9 Å². The van der Waals surface area contributed by atoms with Crippen molar-refractivity contribution in [1.82, 2.24) is 10.3 Å². The number of carbonyl (C=O) groups excluding carboxylic acids is 1. The first-order valence-corrected chi connectivity index (χ1v) is 8.48. The number of pyridine rings is 1. The third kappa shape index (κ3) is 3.83. The van der Waals surface area contributed by atoms with Gasteiger partial charge in [-0.2, -0.15) is 0 Å². The number of benzene rings is 2. The van der Waals surface area contributed by atoms with E-state index in [4.69, 9.17) is 4.74 Å². The van der Waals surface area contributed by atoms with Crippen LogP contribution < -0.4 is 10.1 Å². The number of aromatic nitrogens is 1. The van der Waals surface area contributed by atoms with Gasteiger partial charge in [-0.05, 0) is 49.2 Å². The molecule has 1 unspecified atom stereocenters. The third-order valence-electron chi connectivity index (χ3n) is 4.37. The molecule has 1 amide bonds. The number of rotatable bonds is 5. The Kier molecular flexibility index (Phi) is 5.19. The number of ether oxygens (including phenoxy) is 1. The maximum atomic E-state index is 12.6. The van der Waals surface area contributed by atoms with Gasteiger partial charge in [-0.3, -0.25) is 9.78 Å². The zero-order valence-corrected chi connectivity index (χ0v) is 15.1. The lowest BCUT2D eigenvalue weighted by Crippen LogP contribution is -2.24. The molecule has 0 aliphatic carbocycles. The van der Waals surface area contributed by atoms with E-state index in [1.165, 1.54) is 0 Å². The van der Waals surface area contributed by atoms with Gasteiger partial charge in [0.25, 0.3) is 5.91 Å². The van der Waals surface area contributed by atoms with Gasteiger partial charge in [0.1, 0.15) is 5.75 Å². The molecule has 134 valence electrons. The zero-order valence-electron chi connectivity index (χ0n) is 15.1. The van der Waals surface area contributed by atoms with Gasteiger partial charge in [-0.15, -0.1) is 0 Å². The Morgan fingerprint density at radius 1 is 1.19 bits per heavy atom. The maximum absolute atomic E-state index is 12.6. The molecule has 0 spiro atoms. The van der Waals surface area contributed by atoms with Gasteiger partial charge in [0.05, 0.1) is 30.0 Å². The molecule has 0 radical (unpaired) electrons. The van der Waals surface area contributed by atoms with Crippen LogP contribution in [0.2, 0.25) is 0 Å². The highest BCUT2D eigenvalue weighted by Gasteiger charge is 2.12. The van der Waals surface area contributed by atoms with Crippen molar-refractivity contribution in [3.8, 4) is 5.75 Å². The van der Waals surface area contributed by atoms with Crippen molar-refractivity contribution in [3.05, 3.63) is 70.9 Å². The SMILES string of the molecule is COc1ccc2nc(C)c(C(=O)NCc3ccc(C(C)O)cc3)cc2c1. The van der Waals surface area contributed by atoms with E-state index in [9.17, 15) is 9.90 Å². The highest BCUT2D eigenvalue weighted by molar-refractivity contribution is 5.98. The Bertz CT molecular complexity index is 934. The Labute approximate surface area is 152 Å². The predicted molar refractivity (Wildman–Crippen MR) is 101 cm³/mol. The number of methoxy groups -OCH3 is 1.